The van der Waals surface area contributed by atoms with Crippen molar-refractivity contribution >= 4 is 59.2 Å². The van der Waals surface area contributed by atoms with Crippen molar-refractivity contribution in [3.63, 3.8) is 0 Å². The molecule has 1 heterocycles. The summed E-state index contributed by atoms with van der Waals surface area (Å²) in [6, 6.07) is 1.06. The first-order valence-corrected chi connectivity index (χ1v) is 24.0. The summed E-state index contributed by atoms with van der Waals surface area (Å²) in [5.74, 6) is -12.4. The lowest BCUT2D eigenvalue weighted by molar-refractivity contribution is -0.146. The zero-order valence-corrected chi connectivity index (χ0v) is 43.0. The van der Waals surface area contributed by atoms with Crippen LogP contribution in [-0.2, 0) is 54.3 Å². The highest BCUT2D eigenvalue weighted by Crippen LogP contribution is 2.19. The van der Waals surface area contributed by atoms with Gasteiger partial charge in [0, 0.05) is 33.0 Å². The second-order valence-electron chi connectivity index (χ2n) is 18.5. The number of allylic oxidation sites excluding steroid dienone is 3. The number of carbonyl (C=O) groups excluding carboxylic acids is 7. The molecule has 12 N–H and O–H groups in total. The first-order chi connectivity index (χ1) is 33.8. The molecule has 1 aromatic carbocycles. The molecule has 1 fully saturated rings. The van der Waals surface area contributed by atoms with Crippen molar-refractivity contribution in [1.82, 2.24) is 36.8 Å². The molecule has 0 saturated carbocycles. The van der Waals surface area contributed by atoms with Gasteiger partial charge in [-0.05, 0) is 64.4 Å². The fourth-order valence-corrected chi connectivity index (χ4v) is 7.76. The van der Waals surface area contributed by atoms with Gasteiger partial charge in [0.05, 0.1) is 24.0 Å². The van der Waals surface area contributed by atoms with E-state index < -0.39 is 114 Å². The maximum Gasteiger partial charge on any atom is 0.327 e. The van der Waals surface area contributed by atoms with Gasteiger partial charge in [-0.25, -0.2) is 9.59 Å². The monoisotopic (exact) mass is 1010 g/mol. The van der Waals surface area contributed by atoms with E-state index in [0.29, 0.717) is 12.0 Å². The minimum atomic E-state index is -1.88. The van der Waals surface area contributed by atoms with Crippen LogP contribution in [0.25, 0.3) is 0 Å². The van der Waals surface area contributed by atoms with Crippen molar-refractivity contribution < 1.29 is 58.1 Å². The Kier molecular flexibility index (Phi) is 25.4. The molecule has 10 atom stereocenters. The quantitative estimate of drug-likeness (QED) is 0.0386. The third kappa shape index (κ3) is 20.0. The minimum Gasteiger partial charge on any atom is -0.480 e. The number of likely N-dealkylation sites (N-methyl/N-ethyl adjacent to an activating group) is 1. The van der Waals surface area contributed by atoms with Crippen LogP contribution in [0.2, 0.25) is 0 Å². The third-order valence-electron chi connectivity index (χ3n) is 12.2. The molecule has 398 valence electrons. The molecular formula is C50H76N10O12. The number of hydrogen-bond acceptors (Lipinski definition) is 11. The number of carboxylic acids is 2. The lowest BCUT2D eigenvalue weighted by atomic mass is 9.94. The van der Waals surface area contributed by atoms with Crippen molar-refractivity contribution in [3.8, 4) is 0 Å². The molecule has 0 aromatic heterocycles. The molecule has 0 radical (unpaired) electrons. The number of nitrogens with two attached hydrogens (primary N) is 2. The highest BCUT2D eigenvalue weighted by molar-refractivity contribution is 6.00. The Morgan fingerprint density at radius 1 is 0.833 bits per heavy atom. The maximum absolute atomic E-state index is 14.4. The fraction of sp³-hybridized carbons (Fsp3) is 0.560. The molecule has 1 aliphatic rings. The smallest absolute Gasteiger partial charge is 0.327 e. The van der Waals surface area contributed by atoms with Gasteiger partial charge < -0.3 is 63.2 Å². The van der Waals surface area contributed by atoms with Gasteiger partial charge in [0.15, 0.2) is 5.96 Å². The van der Waals surface area contributed by atoms with Gasteiger partial charge in [-0.3, -0.25) is 38.6 Å². The van der Waals surface area contributed by atoms with Crippen molar-refractivity contribution in [2.75, 3.05) is 20.7 Å². The Morgan fingerprint density at radius 3 is 2.01 bits per heavy atom. The Morgan fingerprint density at radius 2 is 1.44 bits per heavy atom. The molecular weight excluding hydrogens is 933 g/mol. The second-order valence-corrected chi connectivity index (χ2v) is 18.5. The predicted molar refractivity (Wildman–Crippen MR) is 269 cm³/mol. The van der Waals surface area contributed by atoms with Crippen LogP contribution in [0.5, 0.6) is 0 Å². The van der Waals surface area contributed by atoms with Crippen molar-refractivity contribution in [1.29, 1.82) is 0 Å². The van der Waals surface area contributed by atoms with Crippen LogP contribution >= 0.6 is 0 Å². The summed E-state index contributed by atoms with van der Waals surface area (Å²) >= 11 is 0. The second kappa shape index (κ2) is 29.9. The third-order valence-corrected chi connectivity index (χ3v) is 12.2. The van der Waals surface area contributed by atoms with Crippen LogP contribution in [0.3, 0.4) is 0 Å². The van der Waals surface area contributed by atoms with E-state index >= 15 is 0 Å². The molecule has 1 aliphatic heterocycles. The van der Waals surface area contributed by atoms with Gasteiger partial charge in [0.1, 0.15) is 35.9 Å². The van der Waals surface area contributed by atoms with E-state index in [-0.39, 0.29) is 55.4 Å². The summed E-state index contributed by atoms with van der Waals surface area (Å²) in [5.41, 5.74) is 12.6. The van der Waals surface area contributed by atoms with Crippen molar-refractivity contribution in [2.24, 2.45) is 40.1 Å². The first kappa shape index (κ1) is 61.0. The van der Waals surface area contributed by atoms with Crippen LogP contribution in [-0.4, -0.2) is 137 Å². The molecule has 10 unspecified atom stereocenters. The Hall–Kier alpha value is -7.10. The molecule has 7 amide bonds. The number of hydrogen-bond donors (Lipinski definition) is 10. The number of methoxy groups -OCH3 is 1. The molecule has 0 spiro atoms. The summed E-state index contributed by atoms with van der Waals surface area (Å²) in [4.78, 5) is 127. The van der Waals surface area contributed by atoms with E-state index in [9.17, 15) is 53.4 Å². The van der Waals surface area contributed by atoms with Gasteiger partial charge in [-0.2, -0.15) is 0 Å². The number of benzene rings is 1. The van der Waals surface area contributed by atoms with Crippen LogP contribution in [0.15, 0.2) is 70.9 Å². The fourth-order valence-electron chi connectivity index (χ4n) is 7.76. The molecule has 22 nitrogen and oxygen atoms in total. The normalized spacial score (nSPS) is 25.7. The summed E-state index contributed by atoms with van der Waals surface area (Å²) in [6.45, 7) is 12.8. The van der Waals surface area contributed by atoms with Gasteiger partial charge >= 0.3 is 11.9 Å². The first-order valence-electron chi connectivity index (χ1n) is 24.0. The minimum absolute atomic E-state index is 0.0134. The number of aliphatic carboxylic acids is 2. The average molecular weight is 1010 g/mol. The molecule has 1 saturated heterocycles. The predicted octanol–water partition coefficient (Wildman–Crippen LogP) is 1.01. The SMILES string of the molecule is CC=C1C(=O)NC(C)C(=O)NC(CC(C)C)C(=O)NC(C(=O)O)C(C)C(=O)NC(CCCN=C(N)N)C(=O)NC(C=CC(C)=CC(C)C(Cc2ccccc2)OC)C(C)C(=O)NC(C(=O)O)CCC(=O)N1C. The average Bonchev–Trinajstić information content (AvgIpc) is 3.31. The van der Waals surface area contributed by atoms with E-state index in [4.69, 9.17) is 16.2 Å². The van der Waals surface area contributed by atoms with E-state index in [1.54, 1.807) is 34.0 Å². The number of nitrogens with one attached hydrogen (secondary N) is 6. The van der Waals surface area contributed by atoms with E-state index in [1.165, 1.54) is 46.9 Å². The maximum atomic E-state index is 14.4. The summed E-state index contributed by atoms with van der Waals surface area (Å²) < 4.78 is 5.82. The lowest BCUT2D eigenvalue weighted by Gasteiger charge is -2.28. The van der Waals surface area contributed by atoms with E-state index in [1.807, 2.05) is 43.3 Å². The molecule has 22 heteroatoms. The Labute approximate surface area is 421 Å². The standard InChI is InChI=1S/C50H76N10O12/c1-11-38-47(67)54-32(8)44(64)58-37(24-27(2)3)46(66)59-41(49(70)71)31(7)43(63)56-35(18-15-23-53-50(51)52)45(65)55-34(30(6)42(62)57-36(48(68)69)21-22-40(61)60(38)9)20-19-28(4)25-29(5)39(72-10)26-33-16-13-12-14-17-33/h11-14,16-17,19-20,25,27,29-32,34-37,39,41H,15,18,21-24,26H2,1-10H3,(H,54,67)(H,55,65)(H,56,63)(H,57,62)(H,58,64)(H,59,66)(H,68,69)(H,70,71)(H4,51,52,53). The van der Waals surface area contributed by atoms with E-state index in [2.05, 4.69) is 36.9 Å². The van der Waals surface area contributed by atoms with Gasteiger partial charge in [0.25, 0.3) is 5.91 Å². The number of amides is 7. The number of carboxylic acid groups (broad SMARTS) is 2. The summed E-state index contributed by atoms with van der Waals surface area (Å²) in [6.07, 6.45) is 6.02. The van der Waals surface area contributed by atoms with E-state index in [0.717, 1.165) is 10.5 Å². The number of carbonyl (C=O) groups is 9. The molecule has 0 bridgehead atoms. The lowest BCUT2D eigenvalue weighted by Crippen LogP contribution is -2.59. The van der Waals surface area contributed by atoms with Gasteiger partial charge in [-0.15, -0.1) is 0 Å². The number of nitrogens with zero attached hydrogens (tertiary/aromatic N) is 2. The van der Waals surface area contributed by atoms with Crippen LogP contribution in [0.4, 0.5) is 0 Å². The van der Waals surface area contributed by atoms with Gasteiger partial charge in [0.2, 0.25) is 35.4 Å². The van der Waals surface area contributed by atoms with Crippen LogP contribution in [0, 0.1) is 23.7 Å². The Balaban J connectivity index is 2.75. The largest absolute Gasteiger partial charge is 0.480 e. The number of guanidine groups is 1. The van der Waals surface area contributed by atoms with Crippen molar-refractivity contribution in [2.45, 2.75) is 136 Å². The number of rotatable bonds is 15. The van der Waals surface area contributed by atoms with Crippen molar-refractivity contribution in [3.05, 3.63) is 71.5 Å². The zero-order valence-electron chi connectivity index (χ0n) is 43.0. The van der Waals surface area contributed by atoms with Crippen LogP contribution in [0.1, 0.15) is 93.1 Å². The van der Waals surface area contributed by atoms with Gasteiger partial charge in [-0.1, -0.05) is 94.8 Å². The Bertz CT molecular complexity index is 2190. The topological polar surface area (TPSA) is 343 Å². The molecule has 0 aliphatic carbocycles. The highest BCUT2D eigenvalue weighted by Gasteiger charge is 2.37. The number of ether oxygens (including phenoxy) is 1. The molecule has 72 heavy (non-hydrogen) atoms. The summed E-state index contributed by atoms with van der Waals surface area (Å²) in [7, 11) is 2.89. The van der Waals surface area contributed by atoms with Crippen LogP contribution < -0.4 is 43.4 Å². The molecule has 1 aromatic rings. The molecule has 2 rings (SSSR count). The number of aliphatic imine (C=N–C) groups is 1. The summed E-state index contributed by atoms with van der Waals surface area (Å²) in [5, 5.41) is 35.7. The highest BCUT2D eigenvalue weighted by atomic mass is 16.5. The zero-order chi connectivity index (χ0) is 54.4.